The molecule has 0 amide bonds. The highest BCUT2D eigenvalue weighted by Crippen LogP contribution is 2.31. The average Bonchev–Trinajstić information content (AvgIpc) is 2.47. The fourth-order valence-electron chi connectivity index (χ4n) is 1.30. The van der Waals surface area contributed by atoms with Gasteiger partial charge in [-0.3, -0.25) is 10.1 Å². The minimum atomic E-state index is -0.663. The van der Waals surface area contributed by atoms with Gasteiger partial charge in [-0.05, 0) is 23.9 Å². The number of hydrogen-bond donors (Lipinski definition) is 0. The molecule has 0 aliphatic heterocycles. The molecule has 0 aliphatic rings. The van der Waals surface area contributed by atoms with Crippen molar-refractivity contribution in [3.05, 3.63) is 46.5 Å². The maximum atomic E-state index is 11.4. The lowest BCUT2D eigenvalue weighted by atomic mass is 10.3. The van der Waals surface area contributed by atoms with E-state index in [1.165, 1.54) is 31.8 Å². The Morgan fingerprint density at radius 1 is 1.40 bits per heavy atom. The molecular formula is C11H8N4O4S. The molecule has 2 aromatic rings. The molecule has 2 heterocycles. The number of nitrogens with zero attached hydrogens (tertiary/aromatic N) is 4. The minimum absolute atomic E-state index is 0.00495. The topological polar surface area (TPSA) is 108 Å². The van der Waals surface area contributed by atoms with E-state index in [4.69, 9.17) is 0 Å². The Morgan fingerprint density at radius 3 is 2.80 bits per heavy atom. The van der Waals surface area contributed by atoms with Crippen LogP contribution in [0.4, 0.5) is 5.69 Å². The van der Waals surface area contributed by atoms with Gasteiger partial charge in [-0.25, -0.2) is 19.7 Å². The first-order valence-electron chi connectivity index (χ1n) is 5.29. The van der Waals surface area contributed by atoms with E-state index >= 15 is 0 Å². The van der Waals surface area contributed by atoms with Gasteiger partial charge in [-0.1, -0.05) is 0 Å². The van der Waals surface area contributed by atoms with Gasteiger partial charge >= 0.3 is 11.7 Å². The SMILES string of the molecule is COC(=O)c1ccc([N+](=O)[O-])c(Sc2ccncn2)n1. The number of aromatic nitrogens is 3. The maximum absolute atomic E-state index is 11.4. The van der Waals surface area contributed by atoms with Gasteiger partial charge in [0, 0.05) is 12.3 Å². The predicted molar refractivity (Wildman–Crippen MR) is 68.4 cm³/mol. The Bertz CT molecular complexity index is 650. The number of ether oxygens (including phenoxy) is 1. The number of hydrogen-bond acceptors (Lipinski definition) is 8. The number of carbonyl (C=O) groups excluding carboxylic acids is 1. The van der Waals surface area contributed by atoms with Crippen LogP contribution in [-0.2, 0) is 4.74 Å². The van der Waals surface area contributed by atoms with E-state index in [0.29, 0.717) is 5.03 Å². The maximum Gasteiger partial charge on any atom is 0.356 e. The molecule has 0 fully saturated rings. The van der Waals surface area contributed by atoms with Crippen molar-refractivity contribution < 1.29 is 14.5 Å². The second-order valence-electron chi connectivity index (χ2n) is 3.42. The van der Waals surface area contributed by atoms with E-state index in [2.05, 4.69) is 19.7 Å². The molecule has 0 N–H and O–H groups in total. The summed E-state index contributed by atoms with van der Waals surface area (Å²) in [7, 11) is 1.21. The Hall–Kier alpha value is -2.55. The van der Waals surface area contributed by atoms with E-state index in [1.807, 2.05) is 0 Å². The molecule has 0 spiro atoms. The van der Waals surface area contributed by atoms with E-state index in [1.54, 1.807) is 6.07 Å². The summed E-state index contributed by atoms with van der Waals surface area (Å²) in [5.74, 6) is -0.663. The van der Waals surface area contributed by atoms with Crippen LogP contribution in [0.5, 0.6) is 0 Å². The standard InChI is InChI=1S/C11H8N4O4S/c1-19-11(16)7-2-3-8(15(17)18)10(14-7)20-9-4-5-12-6-13-9/h2-6H,1H3. The Labute approximate surface area is 117 Å². The number of esters is 1. The van der Waals surface area contributed by atoms with Crippen LogP contribution >= 0.6 is 11.8 Å². The zero-order chi connectivity index (χ0) is 14.5. The summed E-state index contributed by atoms with van der Waals surface area (Å²) < 4.78 is 4.54. The molecule has 0 atom stereocenters. The second kappa shape index (κ2) is 6.06. The first-order valence-corrected chi connectivity index (χ1v) is 6.11. The van der Waals surface area contributed by atoms with Crippen LogP contribution in [0, 0.1) is 10.1 Å². The Kier molecular flexibility index (Phi) is 4.20. The Morgan fingerprint density at radius 2 is 2.20 bits per heavy atom. The molecule has 2 aromatic heterocycles. The van der Waals surface area contributed by atoms with Crippen LogP contribution in [0.1, 0.15) is 10.5 Å². The van der Waals surface area contributed by atoms with Crippen LogP contribution < -0.4 is 0 Å². The van der Waals surface area contributed by atoms with Gasteiger partial charge in [-0.2, -0.15) is 0 Å². The van der Waals surface area contributed by atoms with Crippen LogP contribution in [0.2, 0.25) is 0 Å². The smallest absolute Gasteiger partial charge is 0.356 e. The van der Waals surface area contributed by atoms with E-state index < -0.39 is 10.9 Å². The number of nitro groups is 1. The highest BCUT2D eigenvalue weighted by Gasteiger charge is 2.20. The molecule has 20 heavy (non-hydrogen) atoms. The van der Waals surface area contributed by atoms with Crippen molar-refractivity contribution in [3.63, 3.8) is 0 Å². The summed E-state index contributed by atoms with van der Waals surface area (Å²) in [6.45, 7) is 0. The fraction of sp³-hybridized carbons (Fsp3) is 0.0909. The van der Waals surface area contributed by atoms with E-state index in [-0.39, 0.29) is 16.4 Å². The van der Waals surface area contributed by atoms with Gasteiger partial charge in [0.1, 0.15) is 17.0 Å². The molecule has 9 heteroatoms. The van der Waals surface area contributed by atoms with Gasteiger partial charge in [0.05, 0.1) is 12.0 Å². The number of pyridine rings is 1. The fourth-order valence-corrected chi connectivity index (χ4v) is 2.12. The van der Waals surface area contributed by atoms with Gasteiger partial charge in [0.15, 0.2) is 5.03 Å². The summed E-state index contributed by atoms with van der Waals surface area (Å²) in [4.78, 5) is 33.4. The van der Waals surface area contributed by atoms with Crippen LogP contribution in [0.25, 0.3) is 0 Å². The molecule has 0 saturated carbocycles. The van der Waals surface area contributed by atoms with Crippen LogP contribution in [0.15, 0.2) is 40.8 Å². The van der Waals surface area contributed by atoms with E-state index in [9.17, 15) is 14.9 Å². The molecule has 0 unspecified atom stereocenters. The zero-order valence-corrected chi connectivity index (χ0v) is 11.0. The van der Waals surface area contributed by atoms with Gasteiger partial charge in [0.2, 0.25) is 0 Å². The van der Waals surface area contributed by atoms with Crippen molar-refractivity contribution in [2.24, 2.45) is 0 Å². The van der Waals surface area contributed by atoms with Crippen LogP contribution in [0.3, 0.4) is 0 Å². The summed E-state index contributed by atoms with van der Waals surface area (Å²) in [6, 6.07) is 4.04. The first kappa shape index (κ1) is 13.9. The lowest BCUT2D eigenvalue weighted by Crippen LogP contribution is -2.06. The zero-order valence-electron chi connectivity index (χ0n) is 10.2. The van der Waals surface area contributed by atoms with Gasteiger partial charge < -0.3 is 4.74 Å². The quantitative estimate of drug-likeness (QED) is 0.362. The lowest BCUT2D eigenvalue weighted by Gasteiger charge is -2.03. The van der Waals surface area contributed by atoms with Crippen LogP contribution in [-0.4, -0.2) is 33.0 Å². The lowest BCUT2D eigenvalue weighted by molar-refractivity contribution is -0.388. The number of methoxy groups -OCH3 is 1. The molecule has 0 aliphatic carbocycles. The van der Waals surface area contributed by atoms with E-state index in [0.717, 1.165) is 11.8 Å². The molecule has 8 nitrogen and oxygen atoms in total. The van der Waals surface area contributed by atoms with Crippen molar-refractivity contribution in [2.45, 2.75) is 10.1 Å². The number of rotatable bonds is 4. The van der Waals surface area contributed by atoms with Gasteiger partial charge in [0.25, 0.3) is 0 Å². The molecule has 102 valence electrons. The molecule has 2 rings (SSSR count). The van der Waals surface area contributed by atoms with Crippen molar-refractivity contribution in [2.75, 3.05) is 7.11 Å². The molecule has 0 bridgehead atoms. The Balaban J connectivity index is 2.42. The third kappa shape index (κ3) is 3.06. The monoisotopic (exact) mass is 292 g/mol. The molecule has 0 aromatic carbocycles. The van der Waals surface area contributed by atoms with Crippen molar-refractivity contribution in [1.29, 1.82) is 0 Å². The normalized spacial score (nSPS) is 10.1. The molecule has 0 radical (unpaired) electrons. The predicted octanol–water partition coefficient (Wildman–Crippen LogP) is 1.72. The highest BCUT2D eigenvalue weighted by atomic mass is 32.2. The summed E-state index contributed by atoms with van der Waals surface area (Å²) in [6.07, 6.45) is 2.82. The minimum Gasteiger partial charge on any atom is -0.464 e. The van der Waals surface area contributed by atoms with Crippen molar-refractivity contribution in [3.8, 4) is 0 Å². The average molecular weight is 292 g/mol. The summed E-state index contributed by atoms with van der Waals surface area (Å²) in [5.41, 5.74) is -0.212. The largest absolute Gasteiger partial charge is 0.464 e. The molecule has 0 saturated heterocycles. The second-order valence-corrected chi connectivity index (χ2v) is 4.43. The number of carbonyl (C=O) groups is 1. The van der Waals surface area contributed by atoms with Crippen molar-refractivity contribution in [1.82, 2.24) is 15.0 Å². The van der Waals surface area contributed by atoms with Gasteiger partial charge in [-0.15, -0.1) is 0 Å². The third-order valence-corrected chi connectivity index (χ3v) is 3.13. The first-order chi connectivity index (χ1) is 9.61. The summed E-state index contributed by atoms with van der Waals surface area (Å²) >= 11 is 0.973. The van der Waals surface area contributed by atoms with Crippen molar-refractivity contribution >= 4 is 23.4 Å². The third-order valence-electron chi connectivity index (χ3n) is 2.19. The summed E-state index contributed by atoms with van der Waals surface area (Å²) in [5, 5.41) is 11.5. The molecular weight excluding hydrogens is 284 g/mol. The highest BCUT2D eigenvalue weighted by molar-refractivity contribution is 7.99.